The molecule has 1 rings (SSSR count). The van der Waals surface area contributed by atoms with Crippen LogP contribution in [0.3, 0.4) is 0 Å². The number of amides is 1. The Hall–Kier alpha value is -0.650. The topological polar surface area (TPSA) is 64.6 Å². The summed E-state index contributed by atoms with van der Waals surface area (Å²) >= 11 is 0. The third-order valence-electron chi connectivity index (χ3n) is 2.65. The second-order valence-corrected chi connectivity index (χ2v) is 5.05. The van der Waals surface area contributed by atoms with Gasteiger partial charge in [-0.15, -0.1) is 0 Å². The van der Waals surface area contributed by atoms with Crippen LogP contribution in [0.2, 0.25) is 0 Å². The Kier molecular flexibility index (Phi) is 4.70. The molecule has 1 atom stereocenters. The zero-order valence-corrected chi connectivity index (χ0v) is 10.4. The maximum atomic E-state index is 11.5. The van der Waals surface area contributed by atoms with E-state index in [0.29, 0.717) is 19.6 Å². The highest BCUT2D eigenvalue weighted by atomic mass is 16.3. The van der Waals surface area contributed by atoms with Crippen LogP contribution in [-0.4, -0.2) is 60.8 Å². The van der Waals surface area contributed by atoms with Crippen molar-refractivity contribution >= 4 is 5.91 Å². The van der Waals surface area contributed by atoms with E-state index in [2.05, 4.69) is 10.6 Å². The summed E-state index contributed by atoms with van der Waals surface area (Å²) in [4.78, 5) is 13.4. The zero-order chi connectivity index (χ0) is 12.2. The van der Waals surface area contributed by atoms with E-state index >= 15 is 0 Å². The van der Waals surface area contributed by atoms with Crippen LogP contribution in [0.1, 0.15) is 20.3 Å². The van der Waals surface area contributed by atoms with Crippen molar-refractivity contribution in [3.05, 3.63) is 0 Å². The highest BCUT2D eigenvalue weighted by Gasteiger charge is 2.32. The van der Waals surface area contributed by atoms with Crippen molar-refractivity contribution in [2.75, 3.05) is 33.2 Å². The number of carbonyl (C=O) groups is 1. The number of nitrogens with one attached hydrogen (secondary N) is 2. The largest absolute Gasteiger partial charge is 0.387 e. The van der Waals surface area contributed by atoms with Gasteiger partial charge in [-0.1, -0.05) is 0 Å². The number of hydrogen-bond acceptors (Lipinski definition) is 4. The number of β-amino-alcohol motifs (C(OH)–C–C–N with tert-alkyl or cyclic N) is 1. The summed E-state index contributed by atoms with van der Waals surface area (Å²) in [6.07, 6.45) is 0.753. The molecule has 0 saturated carbocycles. The highest BCUT2D eigenvalue weighted by molar-refractivity contribution is 5.78. The summed E-state index contributed by atoms with van der Waals surface area (Å²) < 4.78 is 0. The van der Waals surface area contributed by atoms with E-state index in [-0.39, 0.29) is 11.9 Å². The highest BCUT2D eigenvalue weighted by Crippen LogP contribution is 2.14. The van der Waals surface area contributed by atoms with Crippen molar-refractivity contribution in [1.29, 1.82) is 0 Å². The number of aliphatic hydroxyl groups is 1. The molecule has 1 unspecified atom stereocenters. The van der Waals surface area contributed by atoms with Crippen molar-refractivity contribution < 1.29 is 9.90 Å². The summed E-state index contributed by atoms with van der Waals surface area (Å²) in [6, 6.07) is 0.164. The Morgan fingerprint density at radius 3 is 2.81 bits per heavy atom. The lowest BCUT2D eigenvalue weighted by molar-refractivity contribution is -0.123. The molecule has 5 nitrogen and oxygen atoms in total. The first-order valence-corrected chi connectivity index (χ1v) is 5.82. The third-order valence-corrected chi connectivity index (χ3v) is 2.65. The van der Waals surface area contributed by atoms with Gasteiger partial charge in [0.25, 0.3) is 0 Å². The Morgan fingerprint density at radius 1 is 1.62 bits per heavy atom. The van der Waals surface area contributed by atoms with Crippen LogP contribution in [0.4, 0.5) is 0 Å². The minimum absolute atomic E-state index is 0.00653. The van der Waals surface area contributed by atoms with Gasteiger partial charge in [-0.3, -0.25) is 9.69 Å². The molecule has 94 valence electrons. The number of carbonyl (C=O) groups excluding carboxylic acids is 1. The number of likely N-dealkylation sites (N-methyl/N-ethyl adjacent to an activating group) is 1. The van der Waals surface area contributed by atoms with Gasteiger partial charge in [0.2, 0.25) is 5.91 Å². The fraction of sp³-hybridized carbons (Fsp3) is 0.909. The van der Waals surface area contributed by atoms with E-state index in [1.165, 1.54) is 0 Å². The molecule has 5 heteroatoms. The smallest absolute Gasteiger partial charge is 0.234 e. The summed E-state index contributed by atoms with van der Waals surface area (Å²) in [5.41, 5.74) is -0.674. The van der Waals surface area contributed by atoms with Crippen LogP contribution in [0.5, 0.6) is 0 Å². The van der Waals surface area contributed by atoms with Gasteiger partial charge in [-0.05, 0) is 33.9 Å². The standard InChI is InChI=1S/C11H23N3O2/c1-9(2)13-10(15)6-14(3)8-11(16)4-5-12-7-11/h9,12,16H,4-8H2,1-3H3,(H,13,15). The molecule has 0 radical (unpaired) electrons. The molecule has 0 aromatic rings. The molecule has 0 aromatic heterocycles. The molecule has 1 heterocycles. The summed E-state index contributed by atoms with van der Waals surface area (Å²) in [7, 11) is 1.86. The van der Waals surface area contributed by atoms with Gasteiger partial charge in [0.05, 0.1) is 12.1 Å². The minimum Gasteiger partial charge on any atom is -0.387 e. The van der Waals surface area contributed by atoms with Crippen LogP contribution in [0, 0.1) is 0 Å². The summed E-state index contributed by atoms with van der Waals surface area (Å²) in [6.45, 7) is 6.20. The summed E-state index contributed by atoms with van der Waals surface area (Å²) in [5.74, 6) is 0.00653. The van der Waals surface area contributed by atoms with Crippen molar-refractivity contribution in [1.82, 2.24) is 15.5 Å². The quantitative estimate of drug-likeness (QED) is 0.575. The predicted octanol–water partition coefficient (Wildman–Crippen LogP) is -0.833. The van der Waals surface area contributed by atoms with E-state index in [0.717, 1.165) is 13.0 Å². The van der Waals surface area contributed by atoms with E-state index < -0.39 is 5.60 Å². The van der Waals surface area contributed by atoms with Crippen LogP contribution in [-0.2, 0) is 4.79 Å². The minimum atomic E-state index is -0.674. The molecule has 1 saturated heterocycles. The average molecular weight is 229 g/mol. The first-order chi connectivity index (χ1) is 7.41. The van der Waals surface area contributed by atoms with Gasteiger partial charge in [0, 0.05) is 19.1 Å². The van der Waals surface area contributed by atoms with Crippen molar-refractivity contribution in [2.45, 2.75) is 31.9 Å². The molecule has 0 aliphatic carbocycles. The molecule has 1 aliphatic rings. The predicted molar refractivity (Wildman–Crippen MR) is 63.2 cm³/mol. The monoisotopic (exact) mass is 229 g/mol. The number of nitrogens with zero attached hydrogens (tertiary/aromatic N) is 1. The van der Waals surface area contributed by atoms with Gasteiger partial charge < -0.3 is 15.7 Å². The molecule has 0 bridgehead atoms. The molecule has 0 spiro atoms. The van der Waals surface area contributed by atoms with Crippen LogP contribution >= 0.6 is 0 Å². The second kappa shape index (κ2) is 5.61. The van der Waals surface area contributed by atoms with Crippen molar-refractivity contribution in [3.8, 4) is 0 Å². The lowest BCUT2D eigenvalue weighted by atomic mass is 10.0. The molecule has 16 heavy (non-hydrogen) atoms. The van der Waals surface area contributed by atoms with Gasteiger partial charge in [0.15, 0.2) is 0 Å². The fourth-order valence-electron chi connectivity index (χ4n) is 2.04. The maximum absolute atomic E-state index is 11.5. The Labute approximate surface area is 97.2 Å². The summed E-state index contributed by atoms with van der Waals surface area (Å²) in [5, 5.41) is 16.1. The molecular formula is C11H23N3O2. The second-order valence-electron chi connectivity index (χ2n) is 5.05. The van der Waals surface area contributed by atoms with Gasteiger partial charge in [-0.25, -0.2) is 0 Å². The van der Waals surface area contributed by atoms with E-state index in [9.17, 15) is 9.90 Å². The van der Waals surface area contributed by atoms with Crippen LogP contribution < -0.4 is 10.6 Å². The lowest BCUT2D eigenvalue weighted by Gasteiger charge is -2.27. The van der Waals surface area contributed by atoms with Crippen LogP contribution in [0.15, 0.2) is 0 Å². The molecule has 1 aliphatic heterocycles. The Balaban J connectivity index is 2.29. The molecule has 0 aromatic carbocycles. The van der Waals surface area contributed by atoms with Crippen molar-refractivity contribution in [2.24, 2.45) is 0 Å². The zero-order valence-electron chi connectivity index (χ0n) is 10.4. The molecular weight excluding hydrogens is 206 g/mol. The Bertz CT molecular complexity index is 237. The maximum Gasteiger partial charge on any atom is 0.234 e. The van der Waals surface area contributed by atoms with Crippen LogP contribution in [0.25, 0.3) is 0 Å². The van der Waals surface area contributed by atoms with Gasteiger partial charge in [0.1, 0.15) is 0 Å². The molecule has 3 N–H and O–H groups in total. The lowest BCUT2D eigenvalue weighted by Crippen LogP contribution is -2.47. The first-order valence-electron chi connectivity index (χ1n) is 5.82. The Morgan fingerprint density at radius 2 is 2.31 bits per heavy atom. The van der Waals surface area contributed by atoms with Gasteiger partial charge in [-0.2, -0.15) is 0 Å². The average Bonchev–Trinajstić information content (AvgIpc) is 2.48. The van der Waals surface area contributed by atoms with Gasteiger partial charge >= 0.3 is 0 Å². The first kappa shape index (κ1) is 13.4. The number of hydrogen-bond donors (Lipinski definition) is 3. The van der Waals surface area contributed by atoms with E-state index in [1.54, 1.807) is 0 Å². The molecule has 1 amide bonds. The third kappa shape index (κ3) is 4.47. The van der Waals surface area contributed by atoms with Crippen molar-refractivity contribution in [3.63, 3.8) is 0 Å². The van der Waals surface area contributed by atoms with E-state index in [1.807, 2.05) is 25.8 Å². The number of rotatable bonds is 5. The SMILES string of the molecule is CC(C)NC(=O)CN(C)CC1(O)CCNC1. The normalized spacial score (nSPS) is 25.4. The molecule has 1 fully saturated rings. The van der Waals surface area contributed by atoms with E-state index in [4.69, 9.17) is 0 Å². The fourth-order valence-corrected chi connectivity index (χ4v) is 2.04.